The number of carbonyl (C=O) groups excluding carboxylic acids is 1. The van der Waals surface area contributed by atoms with Gasteiger partial charge in [-0.3, -0.25) is 9.59 Å². The largest absolute Gasteiger partial charge is 0.416 e. The van der Waals surface area contributed by atoms with Gasteiger partial charge in [-0.25, -0.2) is 4.98 Å². The molecule has 2 aliphatic rings. The molecule has 0 aliphatic heterocycles. The van der Waals surface area contributed by atoms with E-state index in [2.05, 4.69) is 9.97 Å². The van der Waals surface area contributed by atoms with Crippen molar-refractivity contribution < 1.29 is 18.0 Å². The molecule has 136 valence electrons. The van der Waals surface area contributed by atoms with Crippen LogP contribution in [0.25, 0.3) is 0 Å². The molecule has 4 nitrogen and oxygen atoms in total. The Morgan fingerprint density at radius 1 is 1.19 bits per heavy atom. The summed E-state index contributed by atoms with van der Waals surface area (Å²) in [4.78, 5) is 31.4. The van der Waals surface area contributed by atoms with Crippen LogP contribution < -0.4 is 5.56 Å². The van der Waals surface area contributed by atoms with E-state index in [0.29, 0.717) is 5.82 Å². The van der Waals surface area contributed by atoms with Crippen LogP contribution in [0.15, 0.2) is 35.1 Å². The summed E-state index contributed by atoms with van der Waals surface area (Å²) in [6, 6.07) is 6.21. The minimum Gasteiger partial charge on any atom is -0.310 e. The topological polar surface area (TPSA) is 62.8 Å². The maximum atomic E-state index is 12.7. The fraction of sp³-hybridized carbons (Fsp3) is 0.421. The number of H-pyrrole nitrogens is 1. The summed E-state index contributed by atoms with van der Waals surface area (Å²) >= 11 is 0. The molecule has 2 aromatic rings. The van der Waals surface area contributed by atoms with Crippen molar-refractivity contribution in [2.24, 2.45) is 0 Å². The van der Waals surface area contributed by atoms with E-state index >= 15 is 0 Å². The Morgan fingerprint density at radius 3 is 2.38 bits per heavy atom. The summed E-state index contributed by atoms with van der Waals surface area (Å²) in [5.41, 5.74) is -0.608. The number of hydrogen-bond donors (Lipinski definition) is 1. The van der Waals surface area contributed by atoms with Crippen LogP contribution in [-0.2, 0) is 11.6 Å². The van der Waals surface area contributed by atoms with Crippen LogP contribution in [0.1, 0.15) is 65.5 Å². The Labute approximate surface area is 147 Å². The number of benzene rings is 1. The van der Waals surface area contributed by atoms with Gasteiger partial charge < -0.3 is 4.98 Å². The van der Waals surface area contributed by atoms with Gasteiger partial charge in [0, 0.05) is 23.8 Å². The van der Waals surface area contributed by atoms with E-state index in [4.69, 9.17) is 0 Å². The van der Waals surface area contributed by atoms with Crippen molar-refractivity contribution in [1.82, 2.24) is 9.97 Å². The molecule has 0 bridgehead atoms. The molecule has 2 fully saturated rings. The molecule has 1 aromatic carbocycles. The average molecular weight is 362 g/mol. The van der Waals surface area contributed by atoms with Crippen molar-refractivity contribution >= 4 is 5.78 Å². The molecule has 4 rings (SSSR count). The van der Waals surface area contributed by atoms with Crippen molar-refractivity contribution in [2.75, 3.05) is 0 Å². The molecule has 0 saturated heterocycles. The van der Waals surface area contributed by atoms with Gasteiger partial charge in [0.25, 0.3) is 5.56 Å². The third-order valence-electron chi connectivity index (χ3n) is 5.19. The number of Topliss-reactive ketones (excluding diaryl/α,β-unsaturated/α-hetero) is 1. The van der Waals surface area contributed by atoms with Gasteiger partial charge in [0.15, 0.2) is 5.78 Å². The van der Waals surface area contributed by atoms with Crippen molar-refractivity contribution in [3.8, 4) is 0 Å². The highest BCUT2D eigenvalue weighted by Crippen LogP contribution is 2.51. The number of hydrogen-bond acceptors (Lipinski definition) is 3. The van der Waals surface area contributed by atoms with Gasteiger partial charge in [0.05, 0.1) is 5.56 Å². The van der Waals surface area contributed by atoms with Crippen LogP contribution in [0.4, 0.5) is 13.2 Å². The molecule has 0 amide bonds. The highest BCUT2D eigenvalue weighted by Gasteiger charge is 2.46. The summed E-state index contributed by atoms with van der Waals surface area (Å²) in [6.45, 7) is 0. The number of ketones is 1. The second kappa shape index (κ2) is 5.79. The molecule has 2 aliphatic carbocycles. The first-order chi connectivity index (χ1) is 12.3. The molecule has 2 saturated carbocycles. The first-order valence-electron chi connectivity index (χ1n) is 8.59. The number of aromatic amines is 1. The number of aromatic nitrogens is 2. The predicted molar refractivity (Wildman–Crippen MR) is 88.1 cm³/mol. The van der Waals surface area contributed by atoms with E-state index in [-0.39, 0.29) is 29.4 Å². The Bertz CT molecular complexity index is 908. The zero-order valence-electron chi connectivity index (χ0n) is 13.9. The van der Waals surface area contributed by atoms with Crippen molar-refractivity contribution in [1.29, 1.82) is 0 Å². The minimum absolute atomic E-state index is 0.147. The van der Waals surface area contributed by atoms with E-state index < -0.39 is 17.2 Å². The Kier molecular flexibility index (Phi) is 3.78. The number of nitrogens with zero attached hydrogens (tertiary/aromatic N) is 1. The number of nitrogens with one attached hydrogen (secondary N) is 1. The van der Waals surface area contributed by atoms with Gasteiger partial charge in [-0.15, -0.1) is 0 Å². The highest BCUT2D eigenvalue weighted by atomic mass is 19.4. The van der Waals surface area contributed by atoms with Crippen LogP contribution in [0.2, 0.25) is 0 Å². The SMILES string of the molecule is O=C(CC1(c2ccc(C(F)(F)F)cc2)CC1)c1cc(=O)[nH]c(C2CC2)n1. The van der Waals surface area contributed by atoms with E-state index in [1.165, 1.54) is 18.2 Å². The first kappa shape index (κ1) is 17.0. The molecule has 7 heteroatoms. The summed E-state index contributed by atoms with van der Waals surface area (Å²) in [6.07, 6.45) is -0.837. The standard InChI is InChI=1S/C19H17F3N2O2/c20-19(21,22)13-5-3-12(4-6-13)18(7-8-18)10-15(25)14-9-16(26)24-17(23-14)11-1-2-11/h3-6,9,11H,1-2,7-8,10H2,(H,23,24,26). The lowest BCUT2D eigenvalue weighted by molar-refractivity contribution is -0.137. The summed E-state index contributed by atoms with van der Waals surface area (Å²) < 4.78 is 38.1. The van der Waals surface area contributed by atoms with Crippen molar-refractivity contribution in [3.63, 3.8) is 0 Å². The summed E-state index contributed by atoms with van der Waals surface area (Å²) in [5.74, 6) is 0.538. The van der Waals surface area contributed by atoms with E-state index in [9.17, 15) is 22.8 Å². The first-order valence-corrected chi connectivity index (χ1v) is 8.59. The average Bonchev–Trinajstić information content (AvgIpc) is 3.48. The van der Waals surface area contributed by atoms with Crippen LogP contribution in [-0.4, -0.2) is 15.8 Å². The van der Waals surface area contributed by atoms with E-state index in [1.54, 1.807) is 0 Å². The third kappa shape index (κ3) is 3.30. The molecule has 1 heterocycles. The fourth-order valence-electron chi connectivity index (χ4n) is 3.30. The van der Waals surface area contributed by atoms with Crippen LogP contribution in [0, 0.1) is 0 Å². The van der Waals surface area contributed by atoms with Crippen LogP contribution in [0.3, 0.4) is 0 Å². The third-order valence-corrected chi connectivity index (χ3v) is 5.19. The summed E-state index contributed by atoms with van der Waals surface area (Å²) in [7, 11) is 0. The molecule has 26 heavy (non-hydrogen) atoms. The van der Waals surface area contributed by atoms with Gasteiger partial charge >= 0.3 is 6.18 Å². The Balaban J connectivity index is 1.55. The minimum atomic E-state index is -4.38. The molecular weight excluding hydrogens is 345 g/mol. The molecule has 0 unspecified atom stereocenters. The number of alkyl halides is 3. The molecule has 1 aromatic heterocycles. The smallest absolute Gasteiger partial charge is 0.310 e. The Morgan fingerprint density at radius 2 is 1.85 bits per heavy atom. The second-order valence-electron chi connectivity index (χ2n) is 7.25. The number of halogens is 3. The van der Waals surface area contributed by atoms with Gasteiger partial charge in [-0.05, 0) is 43.4 Å². The normalized spacial score (nSPS) is 18.6. The zero-order valence-corrected chi connectivity index (χ0v) is 13.9. The zero-order chi connectivity index (χ0) is 18.5. The van der Waals surface area contributed by atoms with Crippen molar-refractivity contribution in [2.45, 2.75) is 49.6 Å². The number of rotatable bonds is 5. The van der Waals surface area contributed by atoms with Crippen LogP contribution >= 0.6 is 0 Å². The number of carbonyl (C=O) groups is 1. The monoisotopic (exact) mass is 362 g/mol. The predicted octanol–water partition coefficient (Wildman–Crippen LogP) is 3.97. The second-order valence-corrected chi connectivity index (χ2v) is 7.25. The van der Waals surface area contributed by atoms with Crippen LogP contribution in [0.5, 0.6) is 0 Å². The maximum absolute atomic E-state index is 12.7. The molecule has 0 radical (unpaired) electrons. The summed E-state index contributed by atoms with van der Waals surface area (Å²) in [5, 5.41) is 0. The van der Waals surface area contributed by atoms with Gasteiger partial charge in [-0.2, -0.15) is 13.2 Å². The van der Waals surface area contributed by atoms with Gasteiger partial charge in [0.2, 0.25) is 0 Å². The quantitative estimate of drug-likeness (QED) is 0.819. The fourth-order valence-corrected chi connectivity index (χ4v) is 3.30. The molecular formula is C19H17F3N2O2. The lowest BCUT2D eigenvalue weighted by Crippen LogP contribution is -2.19. The molecule has 1 N–H and O–H groups in total. The maximum Gasteiger partial charge on any atom is 0.416 e. The van der Waals surface area contributed by atoms with Gasteiger partial charge in [-0.1, -0.05) is 12.1 Å². The lowest BCUT2D eigenvalue weighted by Gasteiger charge is -2.16. The highest BCUT2D eigenvalue weighted by molar-refractivity contribution is 5.95. The Hall–Kier alpha value is -2.44. The molecule has 0 atom stereocenters. The van der Waals surface area contributed by atoms with E-state index in [1.807, 2.05) is 0 Å². The van der Waals surface area contributed by atoms with E-state index in [0.717, 1.165) is 43.4 Å². The van der Waals surface area contributed by atoms with Gasteiger partial charge in [0.1, 0.15) is 11.5 Å². The molecule has 0 spiro atoms. The lowest BCUT2D eigenvalue weighted by atomic mass is 9.89. The van der Waals surface area contributed by atoms with Crippen molar-refractivity contribution in [3.05, 3.63) is 63.3 Å².